The van der Waals surface area contributed by atoms with Crippen molar-refractivity contribution in [1.29, 1.82) is 0 Å². The number of carbonyl (C=O) groups excluding carboxylic acids is 1. The smallest absolute Gasteiger partial charge is 0.314 e. The lowest BCUT2D eigenvalue weighted by molar-refractivity contribution is -0.153. The quantitative estimate of drug-likeness (QED) is 0.598. The first-order chi connectivity index (χ1) is 6.02. The maximum absolute atomic E-state index is 11.1. The number of carboxylic acids is 2. The van der Waals surface area contributed by atoms with Crippen LogP contribution in [0.5, 0.6) is 0 Å². The number of aliphatic carboxylic acids is 2. The molecule has 5 heteroatoms. The lowest BCUT2D eigenvalue weighted by Gasteiger charge is -2.21. The monoisotopic (exact) mass is 186 g/mol. The molecular formula is C8H10O5. The highest BCUT2D eigenvalue weighted by Gasteiger charge is 2.35. The van der Waals surface area contributed by atoms with E-state index in [-0.39, 0.29) is 19.3 Å². The average Bonchev–Trinajstić information content (AvgIpc) is 2.03. The van der Waals surface area contributed by atoms with Gasteiger partial charge in [-0.05, 0) is 12.8 Å². The molecule has 72 valence electrons. The summed E-state index contributed by atoms with van der Waals surface area (Å²) in [5.41, 5.74) is 0. The lowest BCUT2D eigenvalue weighted by atomic mass is 9.81. The molecule has 0 bridgehead atoms. The van der Waals surface area contributed by atoms with Crippen molar-refractivity contribution in [1.82, 2.24) is 0 Å². The third-order valence-electron chi connectivity index (χ3n) is 2.29. The van der Waals surface area contributed by atoms with Gasteiger partial charge in [-0.1, -0.05) is 0 Å². The molecule has 1 aliphatic carbocycles. The number of hydrogen-bond acceptors (Lipinski definition) is 3. The molecule has 0 heterocycles. The molecule has 13 heavy (non-hydrogen) atoms. The van der Waals surface area contributed by atoms with Crippen molar-refractivity contribution in [3.8, 4) is 0 Å². The third kappa shape index (κ3) is 2.05. The molecule has 0 aromatic heterocycles. The Morgan fingerprint density at radius 1 is 1.15 bits per heavy atom. The van der Waals surface area contributed by atoms with E-state index in [4.69, 9.17) is 10.2 Å². The average molecular weight is 186 g/mol. The van der Waals surface area contributed by atoms with Crippen LogP contribution in [-0.4, -0.2) is 27.9 Å². The van der Waals surface area contributed by atoms with E-state index in [0.29, 0.717) is 0 Å². The van der Waals surface area contributed by atoms with E-state index in [2.05, 4.69) is 0 Å². The van der Waals surface area contributed by atoms with Crippen LogP contribution in [0.2, 0.25) is 0 Å². The predicted octanol–water partition coefficient (Wildman–Crippen LogP) is 0.141. The standard InChI is InChI=1S/C8H10O5/c9-6-3-4(7(10)11)1-2-5(6)8(12)13/h4-5H,1-3H2,(H,10,11)(H,12,13). The van der Waals surface area contributed by atoms with Gasteiger partial charge in [0.1, 0.15) is 11.7 Å². The SMILES string of the molecule is O=C(O)C1CCC(C(=O)O)C(=O)C1. The minimum atomic E-state index is -1.14. The summed E-state index contributed by atoms with van der Waals surface area (Å²) < 4.78 is 0. The van der Waals surface area contributed by atoms with Gasteiger partial charge in [-0.15, -0.1) is 0 Å². The highest BCUT2D eigenvalue weighted by Crippen LogP contribution is 2.26. The Balaban J connectivity index is 2.62. The molecule has 0 aliphatic heterocycles. The second-order valence-corrected chi connectivity index (χ2v) is 3.17. The summed E-state index contributed by atoms with van der Waals surface area (Å²) in [6.45, 7) is 0. The lowest BCUT2D eigenvalue weighted by Crippen LogP contribution is -2.33. The fraction of sp³-hybridized carbons (Fsp3) is 0.625. The molecule has 0 aromatic rings. The number of hydrogen-bond donors (Lipinski definition) is 2. The third-order valence-corrected chi connectivity index (χ3v) is 2.29. The van der Waals surface area contributed by atoms with Crippen LogP contribution in [0.1, 0.15) is 19.3 Å². The number of ketones is 1. The molecule has 5 nitrogen and oxygen atoms in total. The van der Waals surface area contributed by atoms with Gasteiger partial charge in [0.2, 0.25) is 0 Å². The molecule has 1 aliphatic rings. The molecule has 2 unspecified atom stereocenters. The van der Waals surface area contributed by atoms with Gasteiger partial charge >= 0.3 is 11.9 Å². The van der Waals surface area contributed by atoms with Crippen molar-refractivity contribution in [3.05, 3.63) is 0 Å². The number of carbonyl (C=O) groups is 3. The fourth-order valence-electron chi connectivity index (χ4n) is 1.49. The highest BCUT2D eigenvalue weighted by molar-refractivity contribution is 6.00. The van der Waals surface area contributed by atoms with Gasteiger partial charge < -0.3 is 10.2 Å². The van der Waals surface area contributed by atoms with Gasteiger partial charge in [0.25, 0.3) is 0 Å². The topological polar surface area (TPSA) is 91.7 Å². The van der Waals surface area contributed by atoms with E-state index in [1.54, 1.807) is 0 Å². The van der Waals surface area contributed by atoms with E-state index in [1.807, 2.05) is 0 Å². The maximum atomic E-state index is 11.1. The van der Waals surface area contributed by atoms with Crippen molar-refractivity contribution in [2.75, 3.05) is 0 Å². The number of carboxylic acid groups (broad SMARTS) is 2. The van der Waals surface area contributed by atoms with Gasteiger partial charge in [-0.25, -0.2) is 0 Å². The molecule has 1 saturated carbocycles. The summed E-state index contributed by atoms with van der Waals surface area (Å²) in [6, 6.07) is 0. The largest absolute Gasteiger partial charge is 0.481 e. The van der Waals surface area contributed by atoms with Crippen LogP contribution in [0.25, 0.3) is 0 Å². The van der Waals surface area contributed by atoms with Gasteiger partial charge in [0, 0.05) is 6.42 Å². The Labute approximate surface area is 74.4 Å². The first-order valence-corrected chi connectivity index (χ1v) is 4.00. The number of rotatable bonds is 2. The zero-order chi connectivity index (χ0) is 10.0. The van der Waals surface area contributed by atoms with Crippen LogP contribution in [0, 0.1) is 11.8 Å². The summed E-state index contributed by atoms with van der Waals surface area (Å²) in [5.74, 6) is -4.31. The van der Waals surface area contributed by atoms with E-state index in [9.17, 15) is 14.4 Å². The van der Waals surface area contributed by atoms with E-state index in [0.717, 1.165) is 0 Å². The Morgan fingerprint density at radius 3 is 2.15 bits per heavy atom. The van der Waals surface area contributed by atoms with Crippen LogP contribution in [0.15, 0.2) is 0 Å². The second-order valence-electron chi connectivity index (χ2n) is 3.17. The van der Waals surface area contributed by atoms with Gasteiger partial charge in [-0.2, -0.15) is 0 Å². The van der Waals surface area contributed by atoms with Crippen LogP contribution in [0.3, 0.4) is 0 Å². The minimum absolute atomic E-state index is 0.144. The molecule has 1 fully saturated rings. The molecule has 0 saturated heterocycles. The van der Waals surface area contributed by atoms with E-state index < -0.39 is 29.6 Å². The molecule has 2 atom stereocenters. The van der Waals surface area contributed by atoms with Crippen molar-refractivity contribution in [3.63, 3.8) is 0 Å². The summed E-state index contributed by atoms with van der Waals surface area (Å²) >= 11 is 0. The van der Waals surface area contributed by atoms with E-state index in [1.165, 1.54) is 0 Å². The highest BCUT2D eigenvalue weighted by atomic mass is 16.4. The van der Waals surface area contributed by atoms with Crippen molar-refractivity contribution in [2.24, 2.45) is 11.8 Å². The second kappa shape index (κ2) is 3.55. The summed E-state index contributed by atoms with van der Waals surface area (Å²) in [7, 11) is 0. The normalized spacial score (nSPS) is 28.5. The Bertz CT molecular complexity index is 257. The van der Waals surface area contributed by atoms with Crippen LogP contribution < -0.4 is 0 Å². The molecule has 0 radical (unpaired) electrons. The van der Waals surface area contributed by atoms with Crippen molar-refractivity contribution >= 4 is 17.7 Å². The van der Waals surface area contributed by atoms with E-state index >= 15 is 0 Å². The Hall–Kier alpha value is -1.39. The summed E-state index contributed by atoms with van der Waals surface area (Å²) in [5, 5.41) is 17.1. The van der Waals surface area contributed by atoms with Gasteiger partial charge in [0.05, 0.1) is 5.92 Å². The molecule has 0 amide bonds. The van der Waals surface area contributed by atoms with Gasteiger partial charge in [0.15, 0.2) is 0 Å². The minimum Gasteiger partial charge on any atom is -0.481 e. The fourth-order valence-corrected chi connectivity index (χ4v) is 1.49. The van der Waals surface area contributed by atoms with Crippen LogP contribution in [-0.2, 0) is 14.4 Å². The van der Waals surface area contributed by atoms with Crippen molar-refractivity contribution in [2.45, 2.75) is 19.3 Å². The maximum Gasteiger partial charge on any atom is 0.314 e. The zero-order valence-electron chi connectivity index (χ0n) is 6.90. The number of Topliss-reactive ketones (excluding diaryl/α,β-unsaturated/α-hetero) is 1. The van der Waals surface area contributed by atoms with Crippen LogP contribution >= 0.6 is 0 Å². The summed E-state index contributed by atoms with van der Waals surface area (Å²) in [4.78, 5) is 32.1. The molecule has 0 aromatic carbocycles. The molecule has 0 spiro atoms. The van der Waals surface area contributed by atoms with Gasteiger partial charge in [-0.3, -0.25) is 14.4 Å². The Kier molecular flexibility index (Phi) is 2.65. The predicted molar refractivity (Wildman–Crippen MR) is 41.1 cm³/mol. The Morgan fingerprint density at radius 2 is 1.77 bits per heavy atom. The first-order valence-electron chi connectivity index (χ1n) is 4.00. The van der Waals surface area contributed by atoms with Crippen molar-refractivity contribution < 1.29 is 24.6 Å². The molecule has 1 rings (SSSR count). The summed E-state index contributed by atoms with van der Waals surface area (Å²) in [6.07, 6.45) is 0.273. The first kappa shape index (κ1) is 9.70. The molecule has 2 N–H and O–H groups in total. The molecular weight excluding hydrogens is 176 g/mol. The van der Waals surface area contributed by atoms with Crippen LogP contribution in [0.4, 0.5) is 0 Å². The zero-order valence-corrected chi connectivity index (χ0v) is 6.90.